The molecule has 98 valence electrons. The molecule has 0 amide bonds. The van der Waals surface area contributed by atoms with Gasteiger partial charge in [-0.25, -0.2) is 0 Å². The molecule has 3 fully saturated rings. The Hall–Kier alpha value is -0.0400. The molecular formula is C16H28O. The van der Waals surface area contributed by atoms with Crippen LogP contribution in [0.2, 0.25) is 0 Å². The van der Waals surface area contributed by atoms with Gasteiger partial charge in [-0.05, 0) is 67.1 Å². The lowest BCUT2D eigenvalue weighted by Gasteiger charge is -2.38. The van der Waals surface area contributed by atoms with Crippen LogP contribution in [0.25, 0.3) is 0 Å². The first kappa shape index (κ1) is 12.0. The minimum atomic E-state index is -0.401. The Morgan fingerprint density at radius 2 is 1.41 bits per heavy atom. The fourth-order valence-electron chi connectivity index (χ4n) is 5.54. The summed E-state index contributed by atoms with van der Waals surface area (Å²) in [6, 6.07) is 0. The van der Waals surface area contributed by atoms with Crippen LogP contribution < -0.4 is 0 Å². The fourth-order valence-corrected chi connectivity index (χ4v) is 5.54. The molecule has 0 bridgehead atoms. The van der Waals surface area contributed by atoms with Crippen molar-refractivity contribution >= 4 is 0 Å². The second-order valence-electron chi connectivity index (χ2n) is 8.51. The molecule has 1 heteroatoms. The van der Waals surface area contributed by atoms with Crippen molar-refractivity contribution in [2.45, 2.75) is 65.9 Å². The summed E-state index contributed by atoms with van der Waals surface area (Å²) >= 11 is 0. The van der Waals surface area contributed by atoms with Gasteiger partial charge in [-0.2, -0.15) is 0 Å². The lowest BCUT2D eigenvalue weighted by molar-refractivity contribution is -0.0378. The highest BCUT2D eigenvalue weighted by molar-refractivity contribution is 5.17. The molecule has 1 N–H and O–H groups in total. The number of hydrogen-bond donors (Lipinski definition) is 1. The second-order valence-corrected chi connectivity index (χ2v) is 8.51. The lowest BCUT2D eigenvalue weighted by atomic mass is 9.69. The topological polar surface area (TPSA) is 20.2 Å². The summed E-state index contributed by atoms with van der Waals surface area (Å²) in [6.07, 6.45) is 4.81. The maximum atomic E-state index is 10.8. The van der Waals surface area contributed by atoms with Gasteiger partial charge in [0, 0.05) is 0 Å². The number of rotatable bonds is 0. The van der Waals surface area contributed by atoms with E-state index in [1.807, 2.05) is 0 Å². The van der Waals surface area contributed by atoms with Crippen molar-refractivity contribution in [2.75, 3.05) is 0 Å². The Labute approximate surface area is 106 Å². The molecule has 0 aromatic rings. The average molecular weight is 236 g/mol. The predicted molar refractivity (Wildman–Crippen MR) is 70.6 cm³/mol. The standard InChI is InChI=1S/C16H28O/c1-14(2)8-6-11-12(14)13-10(15(13,3)4)7-9-16(11,5)17/h10-13,17H,6-9H2,1-5H3/t10-,11-,12-,13-,16+/m1/s1. The van der Waals surface area contributed by atoms with Crippen LogP contribution in [-0.4, -0.2) is 10.7 Å². The van der Waals surface area contributed by atoms with Crippen molar-refractivity contribution < 1.29 is 5.11 Å². The van der Waals surface area contributed by atoms with E-state index in [-0.39, 0.29) is 0 Å². The van der Waals surface area contributed by atoms with E-state index < -0.39 is 5.60 Å². The van der Waals surface area contributed by atoms with Gasteiger partial charge in [-0.15, -0.1) is 0 Å². The van der Waals surface area contributed by atoms with Crippen LogP contribution in [0.1, 0.15) is 60.3 Å². The summed E-state index contributed by atoms with van der Waals surface area (Å²) in [5.74, 6) is 3.05. The van der Waals surface area contributed by atoms with Crippen molar-refractivity contribution in [2.24, 2.45) is 34.5 Å². The molecule has 3 saturated carbocycles. The van der Waals surface area contributed by atoms with Gasteiger partial charge in [-0.3, -0.25) is 0 Å². The second kappa shape index (κ2) is 3.10. The lowest BCUT2D eigenvalue weighted by Crippen LogP contribution is -2.40. The summed E-state index contributed by atoms with van der Waals surface area (Å²) in [5.41, 5.74) is 0.582. The highest BCUT2D eigenvalue weighted by Crippen LogP contribution is 2.73. The molecule has 3 aliphatic rings. The summed E-state index contributed by atoms with van der Waals surface area (Å²) in [6.45, 7) is 11.9. The molecule has 0 aromatic heterocycles. The minimum Gasteiger partial charge on any atom is -0.390 e. The zero-order valence-electron chi connectivity index (χ0n) is 12.1. The zero-order valence-corrected chi connectivity index (χ0v) is 12.1. The maximum absolute atomic E-state index is 10.8. The number of fused-ring (bicyclic) bond motifs is 3. The summed E-state index contributed by atoms with van der Waals surface area (Å²) in [7, 11) is 0. The van der Waals surface area contributed by atoms with Crippen LogP contribution >= 0.6 is 0 Å². The first-order valence-electron chi connectivity index (χ1n) is 7.40. The molecule has 0 spiro atoms. The first-order chi connectivity index (χ1) is 7.68. The summed E-state index contributed by atoms with van der Waals surface area (Å²) in [4.78, 5) is 0. The maximum Gasteiger partial charge on any atom is 0.0650 e. The molecule has 0 aromatic carbocycles. The molecule has 17 heavy (non-hydrogen) atoms. The molecular weight excluding hydrogens is 208 g/mol. The van der Waals surface area contributed by atoms with Crippen LogP contribution in [0.4, 0.5) is 0 Å². The van der Waals surface area contributed by atoms with Crippen molar-refractivity contribution in [1.82, 2.24) is 0 Å². The van der Waals surface area contributed by atoms with Crippen LogP contribution in [-0.2, 0) is 0 Å². The fraction of sp³-hybridized carbons (Fsp3) is 1.00. The van der Waals surface area contributed by atoms with Gasteiger partial charge in [0.05, 0.1) is 5.60 Å². The van der Waals surface area contributed by atoms with Gasteiger partial charge < -0.3 is 5.11 Å². The van der Waals surface area contributed by atoms with Gasteiger partial charge in [0.25, 0.3) is 0 Å². The Morgan fingerprint density at radius 1 is 0.824 bits per heavy atom. The highest BCUT2D eigenvalue weighted by Gasteiger charge is 2.68. The molecule has 0 unspecified atom stereocenters. The molecule has 0 heterocycles. The van der Waals surface area contributed by atoms with Crippen LogP contribution in [0.5, 0.6) is 0 Å². The summed E-state index contributed by atoms with van der Waals surface area (Å²) < 4.78 is 0. The van der Waals surface area contributed by atoms with Crippen molar-refractivity contribution in [3.63, 3.8) is 0 Å². The Balaban J connectivity index is 1.99. The van der Waals surface area contributed by atoms with Gasteiger partial charge in [0.1, 0.15) is 0 Å². The van der Waals surface area contributed by atoms with E-state index >= 15 is 0 Å². The molecule has 0 aliphatic heterocycles. The molecule has 0 saturated heterocycles. The molecule has 3 rings (SSSR count). The Kier molecular flexibility index (Phi) is 2.19. The van der Waals surface area contributed by atoms with Gasteiger partial charge >= 0.3 is 0 Å². The Morgan fingerprint density at radius 3 is 2.06 bits per heavy atom. The van der Waals surface area contributed by atoms with Crippen LogP contribution in [0.15, 0.2) is 0 Å². The molecule has 3 aliphatic carbocycles. The third kappa shape index (κ3) is 1.47. The van der Waals surface area contributed by atoms with Crippen molar-refractivity contribution in [1.29, 1.82) is 0 Å². The third-order valence-corrected chi connectivity index (χ3v) is 6.72. The van der Waals surface area contributed by atoms with E-state index in [0.29, 0.717) is 16.7 Å². The zero-order chi connectivity index (χ0) is 12.6. The van der Waals surface area contributed by atoms with Gasteiger partial charge in [0.2, 0.25) is 0 Å². The molecule has 1 nitrogen and oxygen atoms in total. The third-order valence-electron chi connectivity index (χ3n) is 6.72. The molecule has 0 radical (unpaired) electrons. The highest BCUT2D eigenvalue weighted by atomic mass is 16.3. The number of hydrogen-bond acceptors (Lipinski definition) is 1. The van der Waals surface area contributed by atoms with E-state index in [4.69, 9.17) is 0 Å². The minimum absolute atomic E-state index is 0.401. The quantitative estimate of drug-likeness (QED) is 0.677. The average Bonchev–Trinajstić information content (AvgIpc) is 2.59. The van der Waals surface area contributed by atoms with E-state index in [1.54, 1.807) is 0 Å². The van der Waals surface area contributed by atoms with E-state index in [1.165, 1.54) is 19.3 Å². The number of aliphatic hydroxyl groups is 1. The monoisotopic (exact) mass is 236 g/mol. The van der Waals surface area contributed by atoms with Crippen molar-refractivity contribution in [3.8, 4) is 0 Å². The van der Waals surface area contributed by atoms with Crippen LogP contribution in [0, 0.1) is 34.5 Å². The molecule has 5 atom stereocenters. The SMILES string of the molecule is CC1(C)CC[C@@H]2[C@@H]1[C@H]1[C@@H](CC[C@]2(C)O)C1(C)C. The van der Waals surface area contributed by atoms with Crippen LogP contribution in [0.3, 0.4) is 0 Å². The van der Waals surface area contributed by atoms with Gasteiger partial charge in [-0.1, -0.05) is 27.7 Å². The predicted octanol–water partition coefficient (Wildman–Crippen LogP) is 3.86. The van der Waals surface area contributed by atoms with E-state index in [2.05, 4.69) is 34.6 Å². The van der Waals surface area contributed by atoms with E-state index in [9.17, 15) is 5.11 Å². The first-order valence-corrected chi connectivity index (χ1v) is 7.40. The summed E-state index contributed by atoms with van der Waals surface area (Å²) in [5, 5.41) is 10.8. The van der Waals surface area contributed by atoms with Crippen molar-refractivity contribution in [3.05, 3.63) is 0 Å². The Bertz CT molecular complexity index is 339. The smallest absolute Gasteiger partial charge is 0.0650 e. The normalized spacial score (nSPS) is 54.7. The van der Waals surface area contributed by atoms with E-state index in [0.717, 1.165) is 24.2 Å². The van der Waals surface area contributed by atoms with Gasteiger partial charge in [0.15, 0.2) is 0 Å². The largest absolute Gasteiger partial charge is 0.390 e.